The van der Waals surface area contributed by atoms with Crippen LogP contribution in [-0.4, -0.2) is 31.1 Å². The molecule has 1 aromatic carbocycles. The Morgan fingerprint density at radius 3 is 2.22 bits per heavy atom. The van der Waals surface area contributed by atoms with Crippen molar-refractivity contribution < 1.29 is 0 Å². The van der Waals surface area contributed by atoms with E-state index in [1.807, 2.05) is 0 Å². The fraction of sp³-hybridized carbons (Fsp3) is 0.625. The average molecular weight is 246 g/mol. The third-order valence-electron chi connectivity index (χ3n) is 4.13. The molecule has 1 aliphatic heterocycles. The van der Waals surface area contributed by atoms with E-state index in [4.69, 9.17) is 0 Å². The number of nitrogens with zero attached hydrogens (tertiary/aromatic N) is 1. The third-order valence-corrected chi connectivity index (χ3v) is 4.13. The molecule has 2 nitrogen and oxygen atoms in total. The Labute approximate surface area is 111 Å². The number of hydrogen-bond donors (Lipinski definition) is 1. The van der Waals surface area contributed by atoms with Gasteiger partial charge in [0.1, 0.15) is 0 Å². The van der Waals surface area contributed by atoms with Gasteiger partial charge < -0.3 is 10.2 Å². The largest absolute Gasteiger partial charge is 0.310 e. The van der Waals surface area contributed by atoms with E-state index in [-0.39, 0.29) is 0 Å². The number of piperidine rings is 1. The lowest BCUT2D eigenvalue weighted by molar-refractivity contribution is 0.234. The van der Waals surface area contributed by atoms with Crippen LogP contribution in [0.3, 0.4) is 0 Å². The summed E-state index contributed by atoms with van der Waals surface area (Å²) in [7, 11) is 2.21. The molecule has 0 amide bonds. The maximum absolute atomic E-state index is 3.73. The van der Waals surface area contributed by atoms with Gasteiger partial charge in [0.2, 0.25) is 0 Å². The van der Waals surface area contributed by atoms with Gasteiger partial charge in [-0.1, -0.05) is 17.7 Å². The second-order valence-corrected chi connectivity index (χ2v) is 5.84. The maximum Gasteiger partial charge on any atom is 0.0213 e. The Morgan fingerprint density at radius 1 is 1.11 bits per heavy atom. The molecule has 0 unspecified atom stereocenters. The molecule has 0 aromatic heterocycles. The van der Waals surface area contributed by atoms with Crippen LogP contribution in [0, 0.1) is 20.8 Å². The summed E-state index contributed by atoms with van der Waals surface area (Å²) in [6.45, 7) is 10.1. The Kier molecular flexibility index (Phi) is 4.41. The number of nitrogens with one attached hydrogen (secondary N) is 1. The minimum atomic E-state index is 0.696. The molecule has 1 saturated heterocycles. The second kappa shape index (κ2) is 5.85. The van der Waals surface area contributed by atoms with Crippen molar-refractivity contribution in [2.24, 2.45) is 0 Å². The quantitative estimate of drug-likeness (QED) is 0.882. The first-order chi connectivity index (χ1) is 8.56. The first kappa shape index (κ1) is 13.6. The van der Waals surface area contributed by atoms with Crippen molar-refractivity contribution in [1.29, 1.82) is 0 Å². The lowest BCUT2D eigenvalue weighted by Crippen LogP contribution is -2.40. The van der Waals surface area contributed by atoms with Gasteiger partial charge in [-0.25, -0.2) is 0 Å². The normalized spacial score (nSPS) is 18.2. The van der Waals surface area contributed by atoms with Crippen LogP contribution in [-0.2, 0) is 6.54 Å². The van der Waals surface area contributed by atoms with E-state index in [2.05, 4.69) is 50.2 Å². The molecular weight excluding hydrogens is 220 g/mol. The van der Waals surface area contributed by atoms with Crippen molar-refractivity contribution in [1.82, 2.24) is 10.2 Å². The zero-order chi connectivity index (χ0) is 13.1. The second-order valence-electron chi connectivity index (χ2n) is 5.84. The van der Waals surface area contributed by atoms with Crippen molar-refractivity contribution in [2.75, 3.05) is 20.1 Å². The summed E-state index contributed by atoms with van der Waals surface area (Å²) in [5, 5.41) is 3.73. The van der Waals surface area contributed by atoms with E-state index < -0.39 is 0 Å². The molecule has 1 aliphatic rings. The smallest absolute Gasteiger partial charge is 0.0213 e. The predicted octanol–water partition coefficient (Wildman–Crippen LogP) is 2.80. The van der Waals surface area contributed by atoms with Gasteiger partial charge in [0, 0.05) is 12.6 Å². The average Bonchev–Trinajstić information content (AvgIpc) is 2.30. The van der Waals surface area contributed by atoms with Crippen molar-refractivity contribution in [2.45, 2.75) is 46.2 Å². The highest BCUT2D eigenvalue weighted by atomic mass is 15.1. The maximum atomic E-state index is 3.73. The summed E-state index contributed by atoms with van der Waals surface area (Å²) in [5.41, 5.74) is 5.70. The summed E-state index contributed by atoms with van der Waals surface area (Å²) in [4.78, 5) is 2.42. The van der Waals surface area contributed by atoms with Gasteiger partial charge in [-0.05, 0) is 70.4 Å². The van der Waals surface area contributed by atoms with Crippen LogP contribution in [0.15, 0.2) is 12.1 Å². The van der Waals surface area contributed by atoms with Crippen molar-refractivity contribution in [3.8, 4) is 0 Å². The Hall–Kier alpha value is -0.860. The zero-order valence-corrected chi connectivity index (χ0v) is 12.2. The van der Waals surface area contributed by atoms with Crippen LogP contribution in [0.1, 0.15) is 35.1 Å². The molecule has 1 aromatic rings. The molecule has 1 fully saturated rings. The van der Waals surface area contributed by atoms with E-state index in [0.717, 1.165) is 6.54 Å². The number of benzene rings is 1. The highest BCUT2D eigenvalue weighted by Crippen LogP contribution is 2.17. The molecule has 1 N–H and O–H groups in total. The predicted molar refractivity (Wildman–Crippen MR) is 78.0 cm³/mol. The Morgan fingerprint density at radius 2 is 1.67 bits per heavy atom. The minimum absolute atomic E-state index is 0.696. The number of rotatable bonds is 3. The first-order valence-electron chi connectivity index (χ1n) is 7.05. The van der Waals surface area contributed by atoms with Gasteiger partial charge in [0.15, 0.2) is 0 Å². The first-order valence-corrected chi connectivity index (χ1v) is 7.05. The van der Waals surface area contributed by atoms with Gasteiger partial charge in [-0.2, -0.15) is 0 Å². The van der Waals surface area contributed by atoms with Gasteiger partial charge >= 0.3 is 0 Å². The van der Waals surface area contributed by atoms with Gasteiger partial charge in [0.25, 0.3) is 0 Å². The molecular formula is C16H26N2. The molecule has 0 bridgehead atoms. The van der Waals surface area contributed by atoms with E-state index in [1.165, 1.54) is 48.2 Å². The minimum Gasteiger partial charge on any atom is -0.310 e. The van der Waals surface area contributed by atoms with Gasteiger partial charge in [-0.15, -0.1) is 0 Å². The molecule has 1 heterocycles. The highest BCUT2D eigenvalue weighted by molar-refractivity contribution is 5.37. The van der Waals surface area contributed by atoms with Gasteiger partial charge in [-0.3, -0.25) is 0 Å². The lowest BCUT2D eigenvalue weighted by atomic mass is 9.98. The standard InChI is InChI=1S/C16H26N2/c1-12-9-13(2)16(14(3)10-12)11-17-15-5-7-18(4)8-6-15/h9-10,15,17H,5-8,11H2,1-4H3. The molecule has 0 saturated carbocycles. The number of likely N-dealkylation sites (tertiary alicyclic amines) is 1. The SMILES string of the molecule is Cc1cc(C)c(CNC2CCN(C)CC2)c(C)c1. The topological polar surface area (TPSA) is 15.3 Å². The van der Waals surface area contributed by atoms with Crippen LogP contribution in [0.25, 0.3) is 0 Å². The van der Waals surface area contributed by atoms with Crippen LogP contribution in [0.5, 0.6) is 0 Å². The molecule has 0 spiro atoms. The van der Waals surface area contributed by atoms with Crippen LogP contribution < -0.4 is 5.32 Å². The fourth-order valence-corrected chi connectivity index (χ4v) is 2.95. The van der Waals surface area contributed by atoms with E-state index in [0.29, 0.717) is 6.04 Å². The monoisotopic (exact) mass is 246 g/mol. The van der Waals surface area contributed by atoms with Crippen molar-refractivity contribution in [3.05, 3.63) is 34.4 Å². The fourth-order valence-electron chi connectivity index (χ4n) is 2.95. The van der Waals surface area contributed by atoms with Crippen LogP contribution in [0.2, 0.25) is 0 Å². The summed E-state index contributed by atoms with van der Waals surface area (Å²) in [6.07, 6.45) is 2.56. The highest BCUT2D eigenvalue weighted by Gasteiger charge is 2.16. The molecule has 2 rings (SSSR count). The van der Waals surface area contributed by atoms with E-state index >= 15 is 0 Å². The summed E-state index contributed by atoms with van der Waals surface area (Å²) in [5.74, 6) is 0. The molecule has 0 atom stereocenters. The van der Waals surface area contributed by atoms with Crippen molar-refractivity contribution in [3.63, 3.8) is 0 Å². The summed E-state index contributed by atoms with van der Waals surface area (Å²) in [6, 6.07) is 5.28. The molecule has 0 aliphatic carbocycles. The lowest BCUT2D eigenvalue weighted by Gasteiger charge is -2.30. The Bertz CT molecular complexity index is 381. The zero-order valence-electron chi connectivity index (χ0n) is 12.2. The number of hydrogen-bond acceptors (Lipinski definition) is 2. The van der Waals surface area contributed by atoms with Crippen LogP contribution >= 0.6 is 0 Å². The van der Waals surface area contributed by atoms with E-state index in [9.17, 15) is 0 Å². The summed E-state index contributed by atoms with van der Waals surface area (Å²) < 4.78 is 0. The molecule has 2 heteroatoms. The third kappa shape index (κ3) is 3.33. The van der Waals surface area contributed by atoms with E-state index in [1.54, 1.807) is 0 Å². The number of aryl methyl sites for hydroxylation is 3. The molecule has 100 valence electrons. The molecule has 0 radical (unpaired) electrons. The Balaban J connectivity index is 1.94. The van der Waals surface area contributed by atoms with Crippen LogP contribution in [0.4, 0.5) is 0 Å². The molecule has 18 heavy (non-hydrogen) atoms. The van der Waals surface area contributed by atoms with Gasteiger partial charge in [0.05, 0.1) is 0 Å². The summed E-state index contributed by atoms with van der Waals surface area (Å²) >= 11 is 0. The van der Waals surface area contributed by atoms with Crippen molar-refractivity contribution >= 4 is 0 Å².